The Hall–Kier alpha value is -0.913. The van der Waals surface area contributed by atoms with Crippen LogP contribution in [0, 0.1) is 5.92 Å². The van der Waals surface area contributed by atoms with Crippen LogP contribution in [0.2, 0.25) is 23.2 Å². The molecule has 0 aliphatic rings. The van der Waals surface area contributed by atoms with Gasteiger partial charge in [0.25, 0.3) is 0 Å². The lowest BCUT2D eigenvalue weighted by Gasteiger charge is -2.39. The van der Waals surface area contributed by atoms with E-state index in [9.17, 15) is 4.79 Å². The molecule has 0 saturated carbocycles. The summed E-state index contributed by atoms with van der Waals surface area (Å²) in [5, 5.41) is 0.779. The fraction of sp³-hybridized carbons (Fsp3) is 0.700. The monoisotopic (exact) mass is 399 g/mol. The number of ether oxygens (including phenoxy) is 1. The summed E-state index contributed by atoms with van der Waals surface area (Å²) in [7, 11) is -1.95. The third-order valence-corrected chi connectivity index (χ3v) is 9.83. The molecule has 6 heteroatoms. The van der Waals surface area contributed by atoms with Crippen LogP contribution in [-0.2, 0) is 14.0 Å². The summed E-state index contributed by atoms with van der Waals surface area (Å²) in [6.07, 6.45) is 4.07. The Morgan fingerprint density at radius 3 is 2.50 bits per heavy atom. The molecule has 0 aliphatic heterocycles. The molecule has 1 rings (SSSR count). The third kappa shape index (κ3) is 7.01. The smallest absolute Gasteiger partial charge is 0.308 e. The molecule has 0 fully saturated rings. The van der Waals surface area contributed by atoms with Gasteiger partial charge in [0, 0.05) is 11.2 Å². The maximum Gasteiger partial charge on any atom is 0.308 e. The lowest BCUT2D eigenvalue weighted by Crippen LogP contribution is -2.42. The van der Waals surface area contributed by atoms with Crippen molar-refractivity contribution in [3.8, 4) is 0 Å². The van der Waals surface area contributed by atoms with Crippen molar-refractivity contribution in [2.24, 2.45) is 5.92 Å². The Kier molecular flexibility index (Phi) is 8.77. The maximum atomic E-state index is 11.8. The summed E-state index contributed by atoms with van der Waals surface area (Å²) in [6, 6.07) is 3.66. The van der Waals surface area contributed by atoms with Gasteiger partial charge in [0.15, 0.2) is 8.32 Å². The second-order valence-corrected chi connectivity index (χ2v) is 13.5. The highest BCUT2D eigenvalue weighted by atomic mass is 35.5. The zero-order chi connectivity index (χ0) is 20.0. The molecule has 2 unspecified atom stereocenters. The van der Waals surface area contributed by atoms with Crippen LogP contribution in [0.4, 0.5) is 0 Å². The van der Waals surface area contributed by atoms with Crippen LogP contribution in [0.5, 0.6) is 0 Å². The molecule has 0 radical (unpaired) electrons. The molecular weight excluding hydrogens is 366 g/mol. The van der Waals surface area contributed by atoms with Crippen LogP contribution in [0.15, 0.2) is 18.3 Å². The number of carbonyl (C=O) groups is 1. The predicted octanol–water partition coefficient (Wildman–Crippen LogP) is 6.17. The summed E-state index contributed by atoms with van der Waals surface area (Å²) in [6.45, 7) is 15.3. The van der Waals surface area contributed by atoms with Crippen molar-refractivity contribution in [2.45, 2.75) is 78.1 Å². The summed E-state index contributed by atoms with van der Waals surface area (Å²) in [4.78, 5) is 16.3. The Morgan fingerprint density at radius 1 is 1.31 bits per heavy atom. The Labute approximate surface area is 164 Å². The minimum atomic E-state index is -1.95. The Bertz CT molecular complexity index is 587. The molecule has 0 aromatic carbocycles. The summed E-state index contributed by atoms with van der Waals surface area (Å²) in [5.41, 5.74) is 0.867. The second-order valence-electron chi connectivity index (χ2n) is 8.35. The molecule has 0 bridgehead atoms. The second kappa shape index (κ2) is 9.86. The van der Waals surface area contributed by atoms with Crippen LogP contribution in [0.1, 0.15) is 65.7 Å². The minimum absolute atomic E-state index is 0.101. The predicted molar refractivity (Wildman–Crippen MR) is 110 cm³/mol. The molecule has 0 spiro atoms. The van der Waals surface area contributed by atoms with Crippen LogP contribution in [-0.4, -0.2) is 25.9 Å². The van der Waals surface area contributed by atoms with Crippen molar-refractivity contribution in [3.05, 3.63) is 29.0 Å². The van der Waals surface area contributed by atoms with Crippen molar-refractivity contribution in [2.75, 3.05) is 6.61 Å². The first-order valence-corrected chi connectivity index (χ1v) is 12.7. The number of pyridine rings is 1. The van der Waals surface area contributed by atoms with Gasteiger partial charge in [-0.05, 0) is 56.5 Å². The Morgan fingerprint density at radius 2 is 1.96 bits per heavy atom. The van der Waals surface area contributed by atoms with E-state index in [1.807, 2.05) is 19.9 Å². The van der Waals surface area contributed by atoms with Crippen LogP contribution in [0.25, 0.3) is 0 Å². The van der Waals surface area contributed by atoms with Crippen LogP contribution < -0.4 is 0 Å². The summed E-state index contributed by atoms with van der Waals surface area (Å²) in [5.74, 6) is -0.231. The van der Waals surface area contributed by atoms with Crippen molar-refractivity contribution in [3.63, 3.8) is 0 Å². The van der Waals surface area contributed by atoms with Gasteiger partial charge in [0.05, 0.1) is 24.3 Å². The van der Waals surface area contributed by atoms with Gasteiger partial charge >= 0.3 is 5.97 Å². The number of hydrogen-bond donors (Lipinski definition) is 0. The van der Waals surface area contributed by atoms with Gasteiger partial charge in [0.1, 0.15) is 0 Å². The molecule has 26 heavy (non-hydrogen) atoms. The molecule has 1 heterocycles. The topological polar surface area (TPSA) is 48.4 Å². The highest BCUT2D eigenvalue weighted by Gasteiger charge is 2.39. The van der Waals surface area contributed by atoms with E-state index in [1.165, 1.54) is 0 Å². The number of esters is 1. The number of hydrogen-bond acceptors (Lipinski definition) is 4. The van der Waals surface area contributed by atoms with Crippen molar-refractivity contribution in [1.82, 2.24) is 4.98 Å². The zero-order valence-electron chi connectivity index (χ0n) is 17.3. The highest BCUT2D eigenvalue weighted by Crippen LogP contribution is 2.41. The van der Waals surface area contributed by atoms with Gasteiger partial charge in [-0.15, -0.1) is 0 Å². The average molecular weight is 400 g/mol. The summed E-state index contributed by atoms with van der Waals surface area (Å²) < 4.78 is 11.7. The normalized spacial score (nSPS) is 14.8. The third-order valence-electron chi connectivity index (χ3n) is 5.11. The van der Waals surface area contributed by atoms with Crippen molar-refractivity contribution < 1.29 is 14.0 Å². The first-order chi connectivity index (χ1) is 12.0. The molecule has 1 aromatic rings. The number of rotatable bonds is 9. The van der Waals surface area contributed by atoms with Gasteiger partial charge < -0.3 is 9.16 Å². The molecule has 148 valence electrons. The first kappa shape index (κ1) is 23.1. The maximum absolute atomic E-state index is 11.8. The van der Waals surface area contributed by atoms with Gasteiger partial charge in [0.2, 0.25) is 0 Å². The lowest BCUT2D eigenvalue weighted by molar-refractivity contribution is -0.147. The largest absolute Gasteiger partial charge is 0.466 e. The standard InChI is InChI=1S/C20H34ClNO3Si/c1-8-24-19(23)15(2)10-9-11-18(17-14-16(21)12-13-22-17)25-26(6,7)20(3,4)5/h12-15,18H,8-11H2,1-7H3. The fourth-order valence-corrected chi connectivity index (χ4v) is 3.88. The average Bonchev–Trinajstić information content (AvgIpc) is 2.52. The van der Waals surface area contributed by atoms with Gasteiger partial charge in [-0.1, -0.05) is 39.3 Å². The quantitative estimate of drug-likeness (QED) is 0.368. The van der Waals surface area contributed by atoms with E-state index in [-0.39, 0.29) is 23.0 Å². The van der Waals surface area contributed by atoms with Gasteiger partial charge in [-0.3, -0.25) is 9.78 Å². The van der Waals surface area contributed by atoms with Gasteiger partial charge in [-0.2, -0.15) is 0 Å². The van der Waals surface area contributed by atoms with Crippen LogP contribution >= 0.6 is 11.6 Å². The Balaban J connectivity index is 2.84. The molecule has 0 N–H and O–H groups in total. The number of carbonyl (C=O) groups excluding carboxylic acids is 1. The lowest BCUT2D eigenvalue weighted by atomic mass is 10.0. The minimum Gasteiger partial charge on any atom is -0.466 e. The highest BCUT2D eigenvalue weighted by molar-refractivity contribution is 6.74. The molecular formula is C20H34ClNO3Si. The molecule has 1 aromatic heterocycles. The fourth-order valence-electron chi connectivity index (χ4n) is 2.41. The van der Waals surface area contributed by atoms with E-state index in [0.717, 1.165) is 25.0 Å². The molecule has 0 saturated heterocycles. The van der Waals surface area contributed by atoms with Crippen molar-refractivity contribution >= 4 is 25.9 Å². The van der Waals surface area contributed by atoms with E-state index in [4.69, 9.17) is 20.8 Å². The molecule has 2 atom stereocenters. The first-order valence-electron chi connectivity index (χ1n) is 9.44. The van der Waals surface area contributed by atoms with E-state index in [1.54, 1.807) is 12.3 Å². The molecule has 4 nitrogen and oxygen atoms in total. The van der Waals surface area contributed by atoms with Crippen molar-refractivity contribution in [1.29, 1.82) is 0 Å². The van der Waals surface area contributed by atoms with E-state index >= 15 is 0 Å². The number of halogens is 1. The number of aromatic nitrogens is 1. The summed E-state index contributed by atoms with van der Waals surface area (Å²) >= 11 is 6.17. The van der Waals surface area contributed by atoms with E-state index in [0.29, 0.717) is 11.6 Å². The number of nitrogens with zero attached hydrogens (tertiary/aromatic N) is 1. The van der Waals surface area contributed by atoms with E-state index < -0.39 is 8.32 Å². The van der Waals surface area contributed by atoms with Gasteiger partial charge in [-0.25, -0.2) is 0 Å². The molecule has 0 amide bonds. The zero-order valence-corrected chi connectivity index (χ0v) is 19.0. The van der Waals surface area contributed by atoms with E-state index in [2.05, 4.69) is 38.8 Å². The molecule has 0 aliphatic carbocycles. The SMILES string of the molecule is CCOC(=O)C(C)CCCC(O[Si](C)(C)C(C)(C)C)c1cc(Cl)ccn1. The van der Waals surface area contributed by atoms with Crippen LogP contribution in [0.3, 0.4) is 0 Å².